The highest BCUT2D eigenvalue weighted by Gasteiger charge is 2.16. The molecule has 30 heavy (non-hydrogen) atoms. The highest BCUT2D eigenvalue weighted by atomic mass is 16.5. The van der Waals surface area contributed by atoms with Gasteiger partial charge in [-0.25, -0.2) is 4.79 Å². The number of nitrogens with zero attached hydrogens (tertiary/aromatic N) is 1. The average Bonchev–Trinajstić information content (AvgIpc) is 2.72. The van der Waals surface area contributed by atoms with E-state index in [2.05, 4.69) is 18.8 Å². The number of Topliss-reactive ketones (excluding diaryl/α,β-unsaturated/α-hetero) is 2. The molecule has 0 amide bonds. The fraction of sp³-hybridized carbons (Fsp3) is 0.600. The largest absolute Gasteiger partial charge is 0.465 e. The molecule has 0 N–H and O–H groups in total. The fourth-order valence-electron chi connectivity index (χ4n) is 3.35. The van der Waals surface area contributed by atoms with Gasteiger partial charge in [-0.3, -0.25) is 14.6 Å². The molecule has 1 aromatic heterocycles. The number of hydrogen-bond donors (Lipinski definition) is 0. The number of aromatic nitrogens is 1. The van der Waals surface area contributed by atoms with Crippen LogP contribution in [0.5, 0.6) is 0 Å². The molecule has 1 rings (SSSR count). The Labute approximate surface area is 181 Å². The summed E-state index contributed by atoms with van der Waals surface area (Å²) in [7, 11) is 1.31. The first kappa shape index (κ1) is 25.7. The van der Waals surface area contributed by atoms with Gasteiger partial charge in [0, 0.05) is 30.3 Å². The van der Waals surface area contributed by atoms with E-state index in [4.69, 9.17) is 4.74 Å². The van der Waals surface area contributed by atoms with E-state index in [1.54, 1.807) is 12.1 Å². The van der Waals surface area contributed by atoms with Crippen LogP contribution >= 0.6 is 0 Å². The number of carbonyl (C=O) groups excluding carboxylic acids is 3. The molecule has 0 aromatic carbocycles. The van der Waals surface area contributed by atoms with Crippen LogP contribution in [0.3, 0.4) is 0 Å². The Bertz CT molecular complexity index is 737. The molecule has 0 aliphatic heterocycles. The number of aryl methyl sites for hydroxylation is 1. The molecule has 0 bridgehead atoms. The summed E-state index contributed by atoms with van der Waals surface area (Å²) in [6, 6.07) is 1.81. The first-order valence-electron chi connectivity index (χ1n) is 11.2. The van der Waals surface area contributed by atoms with Gasteiger partial charge >= 0.3 is 5.97 Å². The third-order valence-electron chi connectivity index (χ3n) is 5.13. The second-order valence-corrected chi connectivity index (χ2v) is 7.82. The maximum absolute atomic E-state index is 12.4. The van der Waals surface area contributed by atoms with Gasteiger partial charge in [-0.15, -0.1) is 0 Å². The number of rotatable bonds is 15. The van der Waals surface area contributed by atoms with Gasteiger partial charge in [0.2, 0.25) is 0 Å². The number of esters is 1. The van der Waals surface area contributed by atoms with E-state index >= 15 is 0 Å². The molecular formula is C25H37NO4. The normalized spacial score (nSPS) is 11.4. The van der Waals surface area contributed by atoms with Gasteiger partial charge in [0.05, 0.1) is 12.7 Å². The fourth-order valence-corrected chi connectivity index (χ4v) is 3.35. The Morgan fingerprint density at radius 1 is 1.00 bits per heavy atom. The molecule has 0 saturated carbocycles. The highest BCUT2D eigenvalue weighted by molar-refractivity contribution is 6.04. The molecule has 5 nitrogen and oxygen atoms in total. The summed E-state index contributed by atoms with van der Waals surface area (Å²) in [4.78, 5) is 41.0. The maximum Gasteiger partial charge on any atom is 0.340 e. The SMILES string of the molecule is CCCCCCCCCC(=O)C/C(=C\c1cc(CCC)ncc1C(=O)OC)C(C)=O. The highest BCUT2D eigenvalue weighted by Crippen LogP contribution is 2.19. The van der Waals surface area contributed by atoms with Crippen LogP contribution in [0.2, 0.25) is 0 Å². The molecule has 0 radical (unpaired) electrons. The van der Waals surface area contributed by atoms with Crippen molar-refractivity contribution in [3.8, 4) is 0 Å². The van der Waals surface area contributed by atoms with Crippen LogP contribution in [-0.2, 0) is 20.7 Å². The van der Waals surface area contributed by atoms with Crippen LogP contribution in [0.4, 0.5) is 0 Å². The second-order valence-electron chi connectivity index (χ2n) is 7.82. The van der Waals surface area contributed by atoms with Gasteiger partial charge < -0.3 is 4.74 Å². The molecule has 0 spiro atoms. The maximum atomic E-state index is 12.4. The molecule has 0 aliphatic rings. The minimum atomic E-state index is -0.505. The second kappa shape index (κ2) is 14.6. The number of pyridine rings is 1. The number of ketones is 2. The van der Waals surface area contributed by atoms with Gasteiger partial charge in [-0.1, -0.05) is 58.8 Å². The minimum Gasteiger partial charge on any atom is -0.465 e. The van der Waals surface area contributed by atoms with Gasteiger partial charge in [-0.2, -0.15) is 0 Å². The zero-order valence-electron chi connectivity index (χ0n) is 19.1. The van der Waals surface area contributed by atoms with Crippen LogP contribution in [-0.4, -0.2) is 29.6 Å². The first-order valence-corrected chi connectivity index (χ1v) is 11.2. The predicted molar refractivity (Wildman–Crippen MR) is 120 cm³/mol. The van der Waals surface area contributed by atoms with Crippen molar-refractivity contribution in [3.63, 3.8) is 0 Å². The molecule has 0 unspecified atom stereocenters. The molecule has 1 heterocycles. The topological polar surface area (TPSA) is 73.3 Å². The molecule has 166 valence electrons. The number of unbranched alkanes of at least 4 members (excludes halogenated alkanes) is 6. The summed E-state index contributed by atoms with van der Waals surface area (Å²) in [5.74, 6) is -0.603. The number of hydrogen-bond acceptors (Lipinski definition) is 5. The lowest BCUT2D eigenvalue weighted by Gasteiger charge is -2.09. The van der Waals surface area contributed by atoms with Gasteiger partial charge in [0.25, 0.3) is 0 Å². The molecule has 0 atom stereocenters. The summed E-state index contributed by atoms with van der Waals surface area (Å²) < 4.78 is 4.84. The average molecular weight is 416 g/mol. The van der Waals surface area contributed by atoms with Gasteiger partial charge in [-0.05, 0) is 37.5 Å². The van der Waals surface area contributed by atoms with Crippen molar-refractivity contribution in [2.75, 3.05) is 7.11 Å². The lowest BCUT2D eigenvalue weighted by Crippen LogP contribution is -2.09. The van der Waals surface area contributed by atoms with E-state index in [9.17, 15) is 14.4 Å². The monoisotopic (exact) mass is 415 g/mol. The quantitative estimate of drug-likeness (QED) is 0.203. The third-order valence-corrected chi connectivity index (χ3v) is 5.13. The van der Waals surface area contributed by atoms with Crippen molar-refractivity contribution in [1.82, 2.24) is 4.98 Å². The molecular weight excluding hydrogens is 378 g/mol. The molecule has 5 heteroatoms. The Morgan fingerprint density at radius 2 is 1.67 bits per heavy atom. The van der Waals surface area contributed by atoms with Gasteiger partial charge in [0.1, 0.15) is 5.78 Å². The molecule has 0 fully saturated rings. The number of methoxy groups -OCH3 is 1. The van der Waals surface area contributed by atoms with Crippen LogP contribution in [0.1, 0.15) is 107 Å². The van der Waals surface area contributed by atoms with Crippen LogP contribution in [0.25, 0.3) is 6.08 Å². The molecule has 0 saturated heterocycles. The summed E-state index contributed by atoms with van der Waals surface area (Å²) in [6.45, 7) is 5.71. The molecule has 1 aromatic rings. The zero-order valence-corrected chi connectivity index (χ0v) is 19.1. The smallest absolute Gasteiger partial charge is 0.340 e. The Balaban J connectivity index is 2.84. The van der Waals surface area contributed by atoms with Crippen molar-refractivity contribution in [3.05, 3.63) is 34.7 Å². The van der Waals surface area contributed by atoms with Crippen molar-refractivity contribution in [2.45, 2.75) is 91.4 Å². The van der Waals surface area contributed by atoms with E-state index in [1.807, 2.05) is 0 Å². The summed E-state index contributed by atoms with van der Waals surface area (Å²) in [5, 5.41) is 0. The van der Waals surface area contributed by atoms with E-state index in [0.717, 1.165) is 37.8 Å². The van der Waals surface area contributed by atoms with E-state index in [0.29, 0.717) is 23.1 Å². The van der Waals surface area contributed by atoms with E-state index < -0.39 is 5.97 Å². The van der Waals surface area contributed by atoms with E-state index in [-0.39, 0.29) is 18.0 Å². The Hall–Kier alpha value is -2.30. The summed E-state index contributed by atoms with van der Waals surface area (Å²) in [5.41, 5.74) is 2.14. The Morgan fingerprint density at radius 3 is 2.27 bits per heavy atom. The Kier molecular flexibility index (Phi) is 12.6. The number of allylic oxidation sites excluding steroid dienone is 1. The van der Waals surface area contributed by atoms with Crippen LogP contribution < -0.4 is 0 Å². The predicted octanol–water partition coefficient (Wildman–Crippen LogP) is 5.89. The minimum absolute atomic E-state index is 0.0625. The molecule has 0 aliphatic carbocycles. The van der Waals surface area contributed by atoms with E-state index in [1.165, 1.54) is 45.9 Å². The standard InChI is InChI=1S/C25H37NO4/c1-5-7-8-9-10-11-12-14-23(28)17-20(19(3)27)15-21-16-22(13-6-2)26-18-24(21)25(29)30-4/h15-16,18H,5-14,17H2,1-4H3/b20-15+. The van der Waals surface area contributed by atoms with Crippen molar-refractivity contribution in [2.24, 2.45) is 0 Å². The summed E-state index contributed by atoms with van der Waals surface area (Å²) >= 11 is 0. The van der Waals surface area contributed by atoms with Crippen molar-refractivity contribution >= 4 is 23.6 Å². The first-order chi connectivity index (χ1) is 14.4. The number of carbonyl (C=O) groups is 3. The van der Waals surface area contributed by atoms with Crippen LogP contribution in [0, 0.1) is 0 Å². The zero-order chi connectivity index (χ0) is 22.4. The van der Waals surface area contributed by atoms with Gasteiger partial charge in [0.15, 0.2) is 5.78 Å². The van der Waals surface area contributed by atoms with Crippen molar-refractivity contribution in [1.29, 1.82) is 0 Å². The van der Waals surface area contributed by atoms with Crippen LogP contribution in [0.15, 0.2) is 17.8 Å². The lowest BCUT2D eigenvalue weighted by atomic mass is 9.97. The number of ether oxygens (including phenoxy) is 1. The third kappa shape index (κ3) is 9.47. The van der Waals surface area contributed by atoms with Crippen molar-refractivity contribution < 1.29 is 19.1 Å². The lowest BCUT2D eigenvalue weighted by molar-refractivity contribution is -0.120. The summed E-state index contributed by atoms with van der Waals surface area (Å²) in [6.07, 6.45) is 13.5.